The standard InChI is InChI=1S/C27H33ClFN5OS/c28-22-17-31-27(30-12-2-4-18-9-14-34(15-10-18)13-3-11-29)33-25(22)24-16-21-20(5-1-6-23(21)36-24)26(35)32-19-7-8-19/h1,5-6,16-19H,2-4,7-15H2,(H,32,35)(H,30,31,33). The van der Waals surface area contributed by atoms with E-state index in [4.69, 9.17) is 16.6 Å². The number of nitrogens with zero attached hydrogens (tertiary/aromatic N) is 3. The Hall–Kier alpha value is -2.29. The predicted molar refractivity (Wildman–Crippen MR) is 146 cm³/mol. The molecule has 3 heterocycles. The zero-order valence-electron chi connectivity index (χ0n) is 20.4. The number of benzene rings is 1. The summed E-state index contributed by atoms with van der Waals surface area (Å²) in [5.41, 5.74) is 1.38. The van der Waals surface area contributed by atoms with Crippen molar-refractivity contribution < 1.29 is 9.18 Å². The number of thiophene rings is 1. The van der Waals surface area contributed by atoms with Crippen molar-refractivity contribution in [2.75, 3.05) is 38.2 Å². The lowest BCUT2D eigenvalue weighted by atomic mass is 9.92. The molecule has 1 saturated heterocycles. The molecule has 3 aromatic rings. The summed E-state index contributed by atoms with van der Waals surface area (Å²) in [6.07, 6.45) is 9.03. The smallest absolute Gasteiger partial charge is 0.252 e. The second kappa shape index (κ2) is 11.8. The van der Waals surface area contributed by atoms with E-state index in [1.807, 2.05) is 24.3 Å². The van der Waals surface area contributed by atoms with E-state index in [1.54, 1.807) is 17.5 Å². The van der Waals surface area contributed by atoms with Gasteiger partial charge >= 0.3 is 0 Å². The molecule has 0 atom stereocenters. The van der Waals surface area contributed by atoms with Crippen LogP contribution in [0.1, 0.15) is 55.3 Å². The highest BCUT2D eigenvalue weighted by Gasteiger charge is 2.25. The number of nitrogens with one attached hydrogen (secondary N) is 2. The number of likely N-dealkylation sites (tertiary alicyclic amines) is 1. The quantitative estimate of drug-likeness (QED) is 0.291. The molecule has 9 heteroatoms. The summed E-state index contributed by atoms with van der Waals surface area (Å²) >= 11 is 8.08. The number of fused-ring (bicyclic) bond motifs is 1. The molecule has 0 spiro atoms. The predicted octanol–water partition coefficient (Wildman–Crippen LogP) is 6.17. The topological polar surface area (TPSA) is 70.2 Å². The van der Waals surface area contributed by atoms with Gasteiger partial charge < -0.3 is 15.5 Å². The van der Waals surface area contributed by atoms with Crippen molar-refractivity contribution in [1.82, 2.24) is 20.2 Å². The normalized spacial score (nSPS) is 16.9. The molecule has 2 N–H and O–H groups in total. The average Bonchev–Trinajstić information content (AvgIpc) is 3.60. The first-order valence-corrected chi connectivity index (χ1v) is 14.2. The average molecular weight is 530 g/mol. The number of amides is 1. The van der Waals surface area contributed by atoms with Gasteiger partial charge in [0.25, 0.3) is 5.91 Å². The summed E-state index contributed by atoms with van der Waals surface area (Å²) in [7, 11) is 0. The highest BCUT2D eigenvalue weighted by Crippen LogP contribution is 2.37. The number of rotatable bonds is 11. The van der Waals surface area contributed by atoms with Gasteiger partial charge in [-0.1, -0.05) is 17.7 Å². The molecule has 1 aliphatic carbocycles. The summed E-state index contributed by atoms with van der Waals surface area (Å²) < 4.78 is 13.4. The van der Waals surface area contributed by atoms with Gasteiger partial charge in [-0.25, -0.2) is 9.97 Å². The lowest BCUT2D eigenvalue weighted by molar-refractivity contribution is 0.0952. The molecule has 1 saturated carbocycles. The van der Waals surface area contributed by atoms with Crippen molar-refractivity contribution in [2.24, 2.45) is 5.92 Å². The molecule has 1 aliphatic heterocycles. The Morgan fingerprint density at radius 1 is 1.19 bits per heavy atom. The van der Waals surface area contributed by atoms with Gasteiger partial charge in [0.05, 0.1) is 22.8 Å². The lowest BCUT2D eigenvalue weighted by Gasteiger charge is -2.31. The van der Waals surface area contributed by atoms with Crippen LogP contribution in [0.25, 0.3) is 20.7 Å². The molecule has 1 aromatic carbocycles. The van der Waals surface area contributed by atoms with Crippen LogP contribution in [-0.4, -0.2) is 59.7 Å². The minimum atomic E-state index is -0.221. The van der Waals surface area contributed by atoms with Gasteiger partial charge in [0.15, 0.2) is 0 Å². The Morgan fingerprint density at radius 2 is 2.03 bits per heavy atom. The van der Waals surface area contributed by atoms with Crippen molar-refractivity contribution in [3.05, 3.63) is 41.0 Å². The summed E-state index contributed by atoms with van der Waals surface area (Å²) in [6, 6.07) is 8.15. The minimum Gasteiger partial charge on any atom is -0.354 e. The van der Waals surface area contributed by atoms with E-state index in [9.17, 15) is 9.18 Å². The fraction of sp³-hybridized carbons (Fsp3) is 0.519. The SMILES string of the molecule is O=C(NC1CC1)c1cccc2sc(-c3nc(NCCCC4CCN(CCCF)CC4)ncc3Cl)cc12. The molecule has 2 fully saturated rings. The van der Waals surface area contributed by atoms with Crippen LogP contribution in [0.15, 0.2) is 30.5 Å². The van der Waals surface area contributed by atoms with Crippen molar-refractivity contribution in [1.29, 1.82) is 0 Å². The maximum Gasteiger partial charge on any atom is 0.252 e. The fourth-order valence-electron chi connectivity index (χ4n) is 4.86. The van der Waals surface area contributed by atoms with Gasteiger partial charge in [0.2, 0.25) is 5.95 Å². The minimum absolute atomic E-state index is 0.0194. The summed E-state index contributed by atoms with van der Waals surface area (Å²) in [6.45, 7) is 3.64. The van der Waals surface area contributed by atoms with Gasteiger partial charge in [-0.3, -0.25) is 9.18 Å². The second-order valence-corrected chi connectivity index (χ2v) is 11.4. The third-order valence-corrected chi connectivity index (χ3v) is 8.47. The zero-order chi connectivity index (χ0) is 24.9. The van der Waals surface area contributed by atoms with Crippen molar-refractivity contribution in [2.45, 2.75) is 51.0 Å². The number of aromatic nitrogens is 2. The van der Waals surface area contributed by atoms with Crippen LogP contribution in [0.2, 0.25) is 5.02 Å². The number of anilines is 1. The van der Waals surface area contributed by atoms with Crippen molar-refractivity contribution >= 4 is 44.9 Å². The first-order valence-electron chi connectivity index (χ1n) is 13.0. The Balaban J connectivity index is 1.18. The Kier molecular flexibility index (Phi) is 8.34. The van der Waals surface area contributed by atoms with E-state index in [2.05, 4.69) is 20.5 Å². The van der Waals surface area contributed by atoms with Gasteiger partial charge in [-0.2, -0.15) is 0 Å². The third-order valence-electron chi connectivity index (χ3n) is 7.08. The number of alkyl halides is 1. The van der Waals surface area contributed by atoms with Gasteiger partial charge in [0, 0.05) is 34.8 Å². The maximum atomic E-state index is 12.7. The molecule has 192 valence electrons. The fourth-order valence-corrected chi connectivity index (χ4v) is 6.20. The van der Waals surface area contributed by atoms with Crippen molar-refractivity contribution in [3.8, 4) is 10.6 Å². The lowest BCUT2D eigenvalue weighted by Crippen LogP contribution is -2.34. The molecule has 2 aliphatic rings. The molecule has 2 aromatic heterocycles. The Morgan fingerprint density at radius 3 is 2.81 bits per heavy atom. The molecule has 5 rings (SSSR count). The van der Waals surface area contributed by atoms with Crippen LogP contribution in [0, 0.1) is 5.92 Å². The van der Waals surface area contributed by atoms with E-state index in [0.29, 0.717) is 34.7 Å². The van der Waals surface area contributed by atoms with E-state index in [0.717, 1.165) is 66.3 Å². The number of carbonyl (C=O) groups excluding carboxylic acids is 1. The van der Waals surface area contributed by atoms with Crippen molar-refractivity contribution in [3.63, 3.8) is 0 Å². The van der Waals surface area contributed by atoms with Crippen LogP contribution in [-0.2, 0) is 0 Å². The van der Waals surface area contributed by atoms with E-state index >= 15 is 0 Å². The number of carbonyl (C=O) groups is 1. The summed E-state index contributed by atoms with van der Waals surface area (Å²) in [5, 5.41) is 7.86. The molecule has 6 nitrogen and oxygen atoms in total. The number of piperidine rings is 1. The Bertz CT molecular complexity index is 1190. The molecule has 0 unspecified atom stereocenters. The first kappa shape index (κ1) is 25.4. The number of halogens is 2. The van der Waals surface area contributed by atoms with Crippen LogP contribution in [0.4, 0.5) is 10.3 Å². The van der Waals surface area contributed by atoms with Gasteiger partial charge in [0.1, 0.15) is 5.69 Å². The molecular formula is C27H33ClFN5OS. The van der Waals surface area contributed by atoms with Gasteiger partial charge in [-0.15, -0.1) is 11.3 Å². The molecule has 0 radical (unpaired) electrons. The van der Waals surface area contributed by atoms with E-state index < -0.39 is 0 Å². The molecule has 1 amide bonds. The Labute approximate surface area is 220 Å². The highest BCUT2D eigenvalue weighted by molar-refractivity contribution is 7.22. The molecule has 0 bridgehead atoms. The molecular weight excluding hydrogens is 497 g/mol. The van der Waals surface area contributed by atoms with Crippen LogP contribution < -0.4 is 10.6 Å². The van der Waals surface area contributed by atoms with Gasteiger partial charge in [-0.05, 0) is 82.2 Å². The number of hydrogen-bond acceptors (Lipinski definition) is 6. The zero-order valence-corrected chi connectivity index (χ0v) is 22.0. The van der Waals surface area contributed by atoms with E-state index in [-0.39, 0.29) is 12.6 Å². The summed E-state index contributed by atoms with van der Waals surface area (Å²) in [5.74, 6) is 1.29. The largest absolute Gasteiger partial charge is 0.354 e. The first-order chi connectivity index (χ1) is 17.6. The highest BCUT2D eigenvalue weighted by atomic mass is 35.5. The monoisotopic (exact) mass is 529 g/mol. The summed E-state index contributed by atoms with van der Waals surface area (Å²) in [4.78, 5) is 25.1. The van der Waals surface area contributed by atoms with Crippen LogP contribution >= 0.6 is 22.9 Å². The maximum absolute atomic E-state index is 12.7. The third kappa shape index (κ3) is 6.33. The van der Waals surface area contributed by atoms with E-state index in [1.165, 1.54) is 19.3 Å². The van der Waals surface area contributed by atoms with Crippen LogP contribution in [0.3, 0.4) is 0 Å². The number of hydrogen-bond donors (Lipinski definition) is 2. The second-order valence-electron chi connectivity index (χ2n) is 9.86. The molecule has 36 heavy (non-hydrogen) atoms. The van der Waals surface area contributed by atoms with Crippen LogP contribution in [0.5, 0.6) is 0 Å².